The number of hydrogen-bond donors (Lipinski definition) is 6. The number of para-hydroxylation sites is 1. The predicted octanol–water partition coefficient (Wildman–Crippen LogP) is 0.728. The van der Waals surface area contributed by atoms with E-state index in [2.05, 4.69) is 20.0 Å². The van der Waals surface area contributed by atoms with Crippen LogP contribution in [0.25, 0.3) is 21.3 Å². The first-order valence-electron chi connectivity index (χ1n) is 12.9. The summed E-state index contributed by atoms with van der Waals surface area (Å²) in [5.41, 5.74) is 15.5. The zero-order valence-electron chi connectivity index (χ0n) is 22.9. The highest BCUT2D eigenvalue weighted by molar-refractivity contribution is 7.49. The summed E-state index contributed by atoms with van der Waals surface area (Å²) in [6.45, 7) is 4.40. The van der Waals surface area contributed by atoms with Crippen LogP contribution in [0.5, 0.6) is 0 Å². The smallest absolute Gasteiger partial charge is 0.374 e. The number of ether oxygens (including phenoxy) is 1. The largest absolute Gasteiger partial charge is 0.447 e. The van der Waals surface area contributed by atoms with E-state index in [-0.39, 0.29) is 23.2 Å². The van der Waals surface area contributed by atoms with Crippen LogP contribution in [0, 0.1) is 6.92 Å². The van der Waals surface area contributed by atoms with Crippen molar-refractivity contribution < 1.29 is 29.0 Å². The Labute approximate surface area is 238 Å². The molecule has 0 bridgehead atoms. The molecule has 0 radical (unpaired) electrons. The van der Waals surface area contributed by atoms with Crippen molar-refractivity contribution in [3.05, 3.63) is 79.1 Å². The minimum atomic E-state index is -5.45. The molecular formula is C24H32N9O8P. The van der Waals surface area contributed by atoms with Crippen LogP contribution in [0.3, 0.4) is 0 Å². The van der Waals surface area contributed by atoms with E-state index < -0.39 is 61.6 Å². The number of fused-ring (bicyclic) bond motifs is 1. The molecule has 3 heterocycles. The zero-order chi connectivity index (χ0) is 30.9. The SMILES string of the molecule is Cc1cn([C@H]2C[C@H](N=[N+]=[N-])[C@@H](C(O)N(C(C)C)N(C(=O)[C@@H](N)Cc3c[nH]c4ccccc34)P(=O)(O)O)O2)c(=O)[nH]c1=O. The number of aliphatic hydroxyl groups is 1. The standard InChI is InChI=1S/C24H32N9O8P/c1-12(2)32(23(36)20-18(29-30-26)9-19(41-20)31-11-13(3)21(34)28-24(31)37)33(42(38,39)40)22(35)16(25)8-14-10-27-17-7-5-4-6-15(14)17/h4-7,10-12,16,18-20,23,27,36H,8-9,25H2,1-3H3,(H,28,34,37)(H2,38,39,40)/t16-,18-,19+,20-,23?/m0/s1. The van der Waals surface area contributed by atoms with Gasteiger partial charge in [-0.15, -0.1) is 0 Å². The molecule has 1 aliphatic heterocycles. The number of benzene rings is 1. The normalized spacial score (nSPS) is 20.5. The molecule has 7 N–H and O–H groups in total. The van der Waals surface area contributed by atoms with Gasteiger partial charge in [0.15, 0.2) is 6.23 Å². The Kier molecular flexibility index (Phi) is 9.06. The van der Waals surface area contributed by atoms with Crippen molar-refractivity contribution in [1.82, 2.24) is 24.3 Å². The van der Waals surface area contributed by atoms with Crippen LogP contribution in [-0.2, 0) is 20.5 Å². The number of aliphatic hydroxyl groups excluding tert-OH is 1. The monoisotopic (exact) mass is 605 g/mol. The molecule has 0 saturated carbocycles. The maximum atomic E-state index is 13.6. The number of hydrogen-bond acceptors (Lipinski definition) is 9. The summed E-state index contributed by atoms with van der Waals surface area (Å²) in [5.74, 6) is -1.18. The number of aromatic amines is 2. The van der Waals surface area contributed by atoms with Gasteiger partial charge < -0.3 is 30.3 Å². The van der Waals surface area contributed by atoms with E-state index in [1.165, 1.54) is 27.0 Å². The Hall–Kier alpha value is -3.79. The van der Waals surface area contributed by atoms with Crippen LogP contribution >= 0.6 is 7.75 Å². The highest BCUT2D eigenvalue weighted by Gasteiger charge is 2.49. The van der Waals surface area contributed by atoms with Crippen molar-refractivity contribution >= 4 is 24.6 Å². The van der Waals surface area contributed by atoms with Crippen LogP contribution in [0.2, 0.25) is 0 Å². The number of nitrogens with zero attached hydrogens (tertiary/aromatic N) is 6. The highest BCUT2D eigenvalue weighted by atomic mass is 31.2. The fraction of sp³-hybridized carbons (Fsp3) is 0.458. The molecule has 1 aliphatic rings. The third kappa shape index (κ3) is 6.18. The molecule has 0 spiro atoms. The number of azide groups is 1. The van der Waals surface area contributed by atoms with Crippen LogP contribution in [0.15, 0.2) is 51.4 Å². The number of H-pyrrole nitrogens is 2. The Morgan fingerprint density at radius 1 is 1.33 bits per heavy atom. The van der Waals surface area contributed by atoms with Crippen LogP contribution in [0.4, 0.5) is 0 Å². The molecule has 5 atom stereocenters. The molecule has 1 aromatic carbocycles. The first kappa shape index (κ1) is 31.2. The van der Waals surface area contributed by atoms with Crippen molar-refractivity contribution in [3.63, 3.8) is 0 Å². The molecule has 1 amide bonds. The van der Waals surface area contributed by atoms with Crippen molar-refractivity contribution in [2.45, 2.75) is 70.3 Å². The minimum absolute atomic E-state index is 0.0841. The van der Waals surface area contributed by atoms with Gasteiger partial charge >= 0.3 is 13.4 Å². The maximum absolute atomic E-state index is 13.6. The van der Waals surface area contributed by atoms with Gasteiger partial charge in [-0.25, -0.2) is 9.36 Å². The average molecular weight is 606 g/mol. The molecule has 17 nitrogen and oxygen atoms in total. The molecule has 1 saturated heterocycles. The number of nitrogens with two attached hydrogens (primary N) is 1. The zero-order valence-corrected chi connectivity index (χ0v) is 23.8. The third-order valence-electron chi connectivity index (χ3n) is 6.98. The van der Waals surface area contributed by atoms with Gasteiger partial charge in [-0.1, -0.05) is 23.3 Å². The van der Waals surface area contributed by atoms with Gasteiger partial charge in [0, 0.05) is 46.2 Å². The van der Waals surface area contributed by atoms with Gasteiger partial charge in [-0.2, -0.15) is 9.79 Å². The molecule has 18 heteroatoms. The number of amides is 1. The second kappa shape index (κ2) is 12.2. The lowest BCUT2D eigenvalue weighted by Gasteiger charge is -2.43. The number of carbonyl (C=O) groups excluding carboxylic acids is 1. The average Bonchev–Trinajstić information content (AvgIpc) is 3.52. The third-order valence-corrected chi connectivity index (χ3v) is 7.88. The van der Waals surface area contributed by atoms with Gasteiger partial charge in [0.1, 0.15) is 12.3 Å². The minimum Gasteiger partial charge on any atom is -0.374 e. The number of aryl methyl sites for hydroxylation is 1. The summed E-state index contributed by atoms with van der Waals surface area (Å²) < 4.78 is 19.8. The molecule has 0 aliphatic carbocycles. The van der Waals surface area contributed by atoms with Gasteiger partial charge in [0.05, 0.1) is 12.1 Å². The quantitative estimate of drug-likeness (QED) is 0.0471. The Morgan fingerprint density at radius 3 is 2.67 bits per heavy atom. The van der Waals surface area contributed by atoms with Crippen molar-refractivity contribution in [2.24, 2.45) is 10.8 Å². The Morgan fingerprint density at radius 2 is 2.02 bits per heavy atom. The van der Waals surface area contributed by atoms with E-state index in [4.69, 9.17) is 16.0 Å². The van der Waals surface area contributed by atoms with E-state index in [1.54, 1.807) is 12.3 Å². The molecule has 1 fully saturated rings. The van der Waals surface area contributed by atoms with E-state index in [0.29, 0.717) is 5.56 Å². The second-order valence-corrected chi connectivity index (χ2v) is 11.6. The Bertz CT molecular complexity index is 1670. The molecule has 4 rings (SSSR count). The fourth-order valence-electron chi connectivity index (χ4n) is 5.03. The summed E-state index contributed by atoms with van der Waals surface area (Å²) in [7, 11) is -5.45. The molecule has 1 unspecified atom stereocenters. The molecule has 42 heavy (non-hydrogen) atoms. The summed E-state index contributed by atoms with van der Waals surface area (Å²) >= 11 is 0. The lowest BCUT2D eigenvalue weighted by Crippen LogP contribution is -2.60. The van der Waals surface area contributed by atoms with Crippen LogP contribution < -0.4 is 17.0 Å². The van der Waals surface area contributed by atoms with Gasteiger partial charge in [0.2, 0.25) is 0 Å². The topological polar surface area (TPSA) is 256 Å². The fourth-order valence-corrected chi connectivity index (χ4v) is 6.02. The van der Waals surface area contributed by atoms with E-state index in [9.17, 15) is 33.8 Å². The number of rotatable bonds is 10. The van der Waals surface area contributed by atoms with E-state index in [1.807, 2.05) is 18.2 Å². The summed E-state index contributed by atoms with van der Waals surface area (Å²) in [6.07, 6.45) is -1.87. The number of hydrazine groups is 1. The van der Waals surface area contributed by atoms with Gasteiger partial charge in [0.25, 0.3) is 11.5 Å². The van der Waals surface area contributed by atoms with Gasteiger partial charge in [-0.3, -0.25) is 19.1 Å². The summed E-state index contributed by atoms with van der Waals surface area (Å²) in [6, 6.07) is 3.76. The number of carbonyl (C=O) groups is 1. The molecule has 3 aromatic rings. The maximum Gasteiger partial charge on any atom is 0.447 e. The van der Waals surface area contributed by atoms with Crippen molar-refractivity contribution in [1.29, 1.82) is 0 Å². The summed E-state index contributed by atoms with van der Waals surface area (Å²) in [4.78, 5) is 66.4. The lowest BCUT2D eigenvalue weighted by atomic mass is 10.1. The van der Waals surface area contributed by atoms with E-state index in [0.717, 1.165) is 20.5 Å². The first-order valence-corrected chi connectivity index (χ1v) is 14.5. The Balaban J connectivity index is 1.66. The molecule has 226 valence electrons. The second-order valence-electron chi connectivity index (χ2n) is 10.2. The predicted molar refractivity (Wildman–Crippen MR) is 149 cm³/mol. The van der Waals surface area contributed by atoms with Gasteiger partial charge in [-0.05, 0) is 44.4 Å². The number of nitrogens with one attached hydrogen (secondary N) is 2. The number of aromatic nitrogens is 3. The van der Waals surface area contributed by atoms with Crippen LogP contribution in [-0.4, -0.2) is 75.6 Å². The highest BCUT2D eigenvalue weighted by Crippen LogP contribution is 2.45. The molecular weight excluding hydrogens is 573 g/mol. The van der Waals surface area contributed by atoms with Crippen LogP contribution in [0.1, 0.15) is 37.6 Å². The molecule has 2 aromatic heterocycles. The van der Waals surface area contributed by atoms with Crippen molar-refractivity contribution in [3.8, 4) is 0 Å². The van der Waals surface area contributed by atoms with Crippen molar-refractivity contribution in [2.75, 3.05) is 0 Å². The van der Waals surface area contributed by atoms with E-state index >= 15 is 0 Å². The first-order chi connectivity index (χ1) is 19.7. The summed E-state index contributed by atoms with van der Waals surface area (Å²) in [5, 5.41) is 16.6. The lowest BCUT2D eigenvalue weighted by molar-refractivity contribution is -0.194.